The number of anilines is 1. The van der Waals surface area contributed by atoms with E-state index in [2.05, 4.69) is 54.4 Å². The third-order valence-electron chi connectivity index (χ3n) is 12.0. The summed E-state index contributed by atoms with van der Waals surface area (Å²) in [7, 11) is -10.8. The van der Waals surface area contributed by atoms with Gasteiger partial charge in [-0.2, -0.15) is 9.29 Å². The number of nitrogens with zero attached hydrogens (tertiary/aromatic N) is 2. The van der Waals surface area contributed by atoms with Crippen molar-refractivity contribution in [3.8, 4) is 0 Å². The molecule has 1 aromatic rings. The number of aliphatic hydroxyl groups is 2. The summed E-state index contributed by atoms with van der Waals surface area (Å²) in [5, 5.41) is 20.9. The largest absolute Gasteiger partial charge is 0.481 e. The van der Waals surface area contributed by atoms with Gasteiger partial charge in [-0.25, -0.2) is 13.9 Å². The molecule has 0 spiro atoms. The first-order valence-corrected chi connectivity index (χ1v) is 29.2. The molecule has 1 fully saturated rings. The molecular formula is C50H89N3O15P2. The number of hydrogen-bond donors (Lipinski definition) is 5. The van der Waals surface area contributed by atoms with Crippen LogP contribution in [0.3, 0.4) is 0 Å². The highest BCUT2D eigenvalue weighted by atomic mass is 31.3. The van der Waals surface area contributed by atoms with E-state index < -0.39 is 83.7 Å². The monoisotopic (exact) mass is 1030 g/mol. The van der Waals surface area contributed by atoms with Gasteiger partial charge in [0.2, 0.25) is 0 Å². The first kappa shape index (κ1) is 63.4. The van der Waals surface area contributed by atoms with Crippen molar-refractivity contribution in [2.24, 2.45) is 5.92 Å². The van der Waals surface area contributed by atoms with Crippen LogP contribution in [-0.2, 0) is 46.3 Å². The lowest BCUT2D eigenvalue weighted by atomic mass is 10.0. The molecule has 1 aliphatic heterocycles. The number of esters is 2. The molecule has 1 aliphatic rings. The van der Waals surface area contributed by atoms with E-state index in [1.807, 2.05) is 0 Å². The van der Waals surface area contributed by atoms with Gasteiger partial charge in [-0.1, -0.05) is 173 Å². The predicted octanol–water partition coefficient (Wildman–Crippen LogP) is 10.9. The highest BCUT2D eigenvalue weighted by Gasteiger charge is 2.46. The molecule has 6 N–H and O–H groups in total. The summed E-state index contributed by atoms with van der Waals surface area (Å²) in [5.74, 6) is -0.507. The molecule has 2 rings (SSSR count). The van der Waals surface area contributed by atoms with Gasteiger partial charge in [0.25, 0.3) is 0 Å². The Morgan fingerprint density at radius 1 is 0.729 bits per heavy atom. The number of unbranched alkanes of at least 4 members (excludes halogenated alkanes) is 22. The van der Waals surface area contributed by atoms with Crippen LogP contribution in [0.1, 0.15) is 207 Å². The topological polar surface area (TPSA) is 265 Å². The summed E-state index contributed by atoms with van der Waals surface area (Å²) in [4.78, 5) is 61.9. The van der Waals surface area contributed by atoms with Gasteiger partial charge in [0, 0.05) is 19.0 Å². The van der Waals surface area contributed by atoms with Gasteiger partial charge in [0.15, 0.2) is 12.3 Å². The van der Waals surface area contributed by atoms with Gasteiger partial charge >= 0.3 is 33.3 Å². The molecule has 2 heterocycles. The molecule has 1 aromatic heterocycles. The Labute approximate surface area is 417 Å². The molecule has 0 saturated carbocycles. The zero-order valence-corrected chi connectivity index (χ0v) is 44.3. The van der Waals surface area contributed by atoms with Crippen molar-refractivity contribution in [3.63, 3.8) is 0 Å². The SMILES string of the molecule is CCCCCC/C=C\C=C/CCCCCCCC(=O)O[C@H](COC(=O)CCCCCCCCCCCCCCCCC(C)C)COP(=O)(O)OP(=O)(O)OC[C@H]1O[C@@H](n2ccc(N)nc2=O)C(O)[C@H]1O. The molecule has 3 unspecified atom stereocenters. The highest BCUT2D eigenvalue weighted by Crippen LogP contribution is 2.60. The van der Waals surface area contributed by atoms with Gasteiger partial charge in [0.1, 0.15) is 30.7 Å². The second-order valence-electron chi connectivity index (χ2n) is 18.9. The summed E-state index contributed by atoms with van der Waals surface area (Å²) in [6.45, 7) is 4.46. The van der Waals surface area contributed by atoms with Crippen molar-refractivity contribution in [1.82, 2.24) is 9.55 Å². The minimum Gasteiger partial charge on any atom is -0.462 e. The fourth-order valence-electron chi connectivity index (χ4n) is 7.90. The fraction of sp³-hybridized carbons (Fsp3) is 0.800. The maximum atomic E-state index is 12.9. The standard InChI is InChI=1S/C50H89N3O15P2/c1-4-5-6-7-8-9-10-11-12-17-20-23-26-29-32-35-46(55)66-42(38-63-45(54)34-31-28-25-22-19-16-14-13-15-18-21-24-27-30-33-41(2)3)39-64-69(59,60)68-70(61,62)65-40-43-47(56)48(57)49(67-43)53-37-36-44(51)52-50(53)58/h9-12,36-37,41-43,47-49,56-57H,4-8,13-35,38-40H2,1-3H3,(H,59,60)(H,61,62)(H2,51,52,58)/b10-9-,12-11-/t42-,43-,47+,48?,49-/m1/s1. The van der Waals surface area contributed by atoms with Gasteiger partial charge in [-0.3, -0.25) is 23.2 Å². The summed E-state index contributed by atoms with van der Waals surface area (Å²) in [6, 6.07) is 1.25. The Morgan fingerprint density at radius 2 is 1.23 bits per heavy atom. The zero-order valence-electron chi connectivity index (χ0n) is 42.5. The van der Waals surface area contributed by atoms with Crippen molar-refractivity contribution in [2.45, 2.75) is 231 Å². The minimum atomic E-state index is -5.43. The molecule has 0 aliphatic carbocycles. The van der Waals surface area contributed by atoms with E-state index in [0.717, 1.165) is 74.7 Å². The van der Waals surface area contributed by atoms with Gasteiger partial charge < -0.3 is 39.9 Å². The number of carbonyl (C=O) groups excluding carboxylic acids is 2. The average molecular weight is 1030 g/mol. The van der Waals surface area contributed by atoms with E-state index in [4.69, 9.17) is 29.0 Å². The number of ether oxygens (including phenoxy) is 3. The van der Waals surface area contributed by atoms with E-state index in [-0.39, 0.29) is 18.7 Å². The fourth-order valence-corrected chi connectivity index (χ4v) is 10.0. The Balaban J connectivity index is 1.79. The Morgan fingerprint density at radius 3 is 1.77 bits per heavy atom. The predicted molar refractivity (Wildman–Crippen MR) is 270 cm³/mol. The van der Waals surface area contributed by atoms with Crippen LogP contribution in [0.15, 0.2) is 41.4 Å². The molecule has 0 radical (unpaired) electrons. The Hall–Kier alpha value is -2.76. The molecule has 7 atom stereocenters. The molecular weight excluding hydrogens is 945 g/mol. The van der Waals surface area contributed by atoms with Gasteiger partial charge in [0.05, 0.1) is 13.2 Å². The number of aromatic nitrogens is 2. The van der Waals surface area contributed by atoms with E-state index in [1.54, 1.807) is 0 Å². The zero-order chi connectivity index (χ0) is 51.5. The van der Waals surface area contributed by atoms with Crippen molar-refractivity contribution >= 4 is 33.4 Å². The molecule has 18 nitrogen and oxygen atoms in total. The number of aliphatic hydroxyl groups excluding tert-OH is 2. The van der Waals surface area contributed by atoms with Crippen molar-refractivity contribution in [2.75, 3.05) is 25.6 Å². The van der Waals surface area contributed by atoms with Crippen molar-refractivity contribution in [1.29, 1.82) is 0 Å². The van der Waals surface area contributed by atoms with Crippen LogP contribution in [-0.4, -0.2) is 85.7 Å². The van der Waals surface area contributed by atoms with E-state index in [1.165, 1.54) is 102 Å². The van der Waals surface area contributed by atoms with Crippen LogP contribution in [0, 0.1) is 5.92 Å². The summed E-state index contributed by atoms with van der Waals surface area (Å²) in [6.07, 6.45) is 31.1. The van der Waals surface area contributed by atoms with Crippen LogP contribution in [0.25, 0.3) is 0 Å². The highest BCUT2D eigenvalue weighted by molar-refractivity contribution is 7.61. The number of phosphoric acid groups is 2. The van der Waals surface area contributed by atoms with Crippen molar-refractivity contribution in [3.05, 3.63) is 47.1 Å². The first-order valence-electron chi connectivity index (χ1n) is 26.2. The number of allylic oxidation sites excluding steroid dienone is 4. The first-order chi connectivity index (χ1) is 33.5. The summed E-state index contributed by atoms with van der Waals surface area (Å²) < 4.78 is 56.8. The molecule has 0 amide bonds. The quantitative estimate of drug-likeness (QED) is 0.0176. The number of nitrogen functional groups attached to an aromatic ring is 1. The van der Waals surface area contributed by atoms with Gasteiger partial charge in [-0.05, 0) is 50.5 Å². The molecule has 1 saturated heterocycles. The van der Waals surface area contributed by atoms with Crippen LogP contribution in [0.4, 0.5) is 5.82 Å². The van der Waals surface area contributed by atoms with E-state index in [0.29, 0.717) is 12.8 Å². The van der Waals surface area contributed by atoms with Crippen LogP contribution >= 0.6 is 15.6 Å². The van der Waals surface area contributed by atoms with Crippen LogP contribution in [0.5, 0.6) is 0 Å². The Kier molecular flexibility index (Phi) is 34.3. The maximum Gasteiger partial charge on any atom is 0.481 e. The minimum absolute atomic E-state index is 0.0349. The molecule has 0 aromatic carbocycles. The van der Waals surface area contributed by atoms with E-state index >= 15 is 0 Å². The number of rotatable bonds is 43. The number of nitrogens with two attached hydrogens (primary N) is 1. The molecule has 404 valence electrons. The number of carbonyl (C=O) groups is 2. The lowest BCUT2D eigenvalue weighted by molar-refractivity contribution is -0.161. The van der Waals surface area contributed by atoms with Crippen LogP contribution in [0.2, 0.25) is 0 Å². The molecule has 70 heavy (non-hydrogen) atoms. The third-order valence-corrected chi connectivity index (χ3v) is 14.6. The maximum absolute atomic E-state index is 12.9. The third kappa shape index (κ3) is 31.0. The van der Waals surface area contributed by atoms with Crippen molar-refractivity contribution < 1.29 is 66.3 Å². The average Bonchev–Trinajstić information content (AvgIpc) is 3.58. The Bertz CT molecular complexity index is 1780. The second kappa shape index (κ2) is 37.9. The summed E-state index contributed by atoms with van der Waals surface area (Å²) >= 11 is 0. The molecule has 20 heteroatoms. The van der Waals surface area contributed by atoms with E-state index in [9.17, 15) is 43.5 Å². The smallest absolute Gasteiger partial charge is 0.462 e. The van der Waals surface area contributed by atoms with Crippen LogP contribution < -0.4 is 11.4 Å². The lowest BCUT2D eigenvalue weighted by Crippen LogP contribution is -2.36. The summed E-state index contributed by atoms with van der Waals surface area (Å²) in [5.41, 5.74) is 4.59. The number of hydrogen-bond acceptors (Lipinski definition) is 15. The normalized spacial score (nSPS) is 19.5. The number of phosphoric ester groups is 2. The lowest BCUT2D eigenvalue weighted by Gasteiger charge is -2.21. The molecule has 0 bridgehead atoms. The van der Waals surface area contributed by atoms with Gasteiger partial charge in [-0.15, -0.1) is 0 Å². The second-order valence-corrected chi connectivity index (χ2v) is 21.9.